The van der Waals surface area contributed by atoms with Gasteiger partial charge in [-0.2, -0.15) is 0 Å². The van der Waals surface area contributed by atoms with Gasteiger partial charge in [-0.1, -0.05) is 12.2 Å². The van der Waals surface area contributed by atoms with E-state index in [-0.39, 0.29) is 5.97 Å². The molecule has 1 fully saturated rings. The van der Waals surface area contributed by atoms with Gasteiger partial charge in [0, 0.05) is 13.2 Å². The van der Waals surface area contributed by atoms with E-state index in [4.69, 9.17) is 4.74 Å². The van der Waals surface area contributed by atoms with E-state index < -0.39 is 0 Å². The Balaban J connectivity index is 2.06. The van der Waals surface area contributed by atoms with Crippen molar-refractivity contribution < 1.29 is 14.3 Å². The van der Waals surface area contributed by atoms with E-state index in [0.29, 0.717) is 12.3 Å². The van der Waals surface area contributed by atoms with Crippen molar-refractivity contribution in [3.63, 3.8) is 0 Å². The predicted octanol–water partition coefficient (Wildman–Crippen LogP) is 1.53. The molecule has 0 spiro atoms. The molecule has 0 amide bonds. The van der Waals surface area contributed by atoms with Crippen molar-refractivity contribution in [1.29, 1.82) is 0 Å². The van der Waals surface area contributed by atoms with Gasteiger partial charge in [-0.15, -0.1) is 0 Å². The minimum absolute atomic E-state index is 0.182. The van der Waals surface area contributed by atoms with Gasteiger partial charge in [0.15, 0.2) is 0 Å². The highest BCUT2D eigenvalue weighted by molar-refractivity contribution is 5.70. The smallest absolute Gasteiger partial charge is 0.309 e. The van der Waals surface area contributed by atoms with Gasteiger partial charge < -0.3 is 9.47 Å². The summed E-state index contributed by atoms with van der Waals surface area (Å²) in [6.45, 7) is 1.75. The molecule has 0 radical (unpaired) electrons. The summed E-state index contributed by atoms with van der Waals surface area (Å²) in [5, 5.41) is 0. The van der Waals surface area contributed by atoms with Gasteiger partial charge in [-0.05, 0) is 18.8 Å². The van der Waals surface area contributed by atoms with Crippen LogP contribution in [0.25, 0.3) is 0 Å². The molecule has 1 atom stereocenters. The fourth-order valence-corrected chi connectivity index (χ4v) is 1.32. The third-order valence-corrected chi connectivity index (χ3v) is 2.17. The van der Waals surface area contributed by atoms with Gasteiger partial charge in [0.2, 0.25) is 0 Å². The highest BCUT2D eigenvalue weighted by Gasteiger charge is 2.13. The van der Waals surface area contributed by atoms with Crippen molar-refractivity contribution in [1.82, 2.24) is 0 Å². The first-order valence-electron chi connectivity index (χ1n) is 4.62. The number of ether oxygens (including phenoxy) is 2. The third-order valence-electron chi connectivity index (χ3n) is 2.17. The number of methoxy groups -OCH3 is 1. The SMILES string of the molecule is COC(=O)C/C=C\CC1CCOC1. The summed E-state index contributed by atoms with van der Waals surface area (Å²) < 4.78 is 9.74. The van der Waals surface area contributed by atoms with Crippen LogP contribution in [-0.4, -0.2) is 26.3 Å². The lowest BCUT2D eigenvalue weighted by Crippen LogP contribution is -1.98. The Morgan fingerprint density at radius 1 is 1.62 bits per heavy atom. The van der Waals surface area contributed by atoms with E-state index in [0.717, 1.165) is 26.1 Å². The van der Waals surface area contributed by atoms with Crippen LogP contribution in [-0.2, 0) is 14.3 Å². The highest BCUT2D eigenvalue weighted by Crippen LogP contribution is 2.16. The van der Waals surface area contributed by atoms with Crippen molar-refractivity contribution in [2.75, 3.05) is 20.3 Å². The Bertz CT molecular complexity index is 181. The molecule has 0 bridgehead atoms. The van der Waals surface area contributed by atoms with Crippen LogP contribution < -0.4 is 0 Å². The van der Waals surface area contributed by atoms with Crippen molar-refractivity contribution in [3.05, 3.63) is 12.2 Å². The Kier molecular flexibility index (Phi) is 4.54. The van der Waals surface area contributed by atoms with Crippen LogP contribution >= 0.6 is 0 Å². The molecule has 0 N–H and O–H groups in total. The molecule has 0 aromatic heterocycles. The first-order valence-corrected chi connectivity index (χ1v) is 4.62. The van der Waals surface area contributed by atoms with Crippen LogP contribution in [0.2, 0.25) is 0 Å². The first-order chi connectivity index (χ1) is 6.33. The number of esters is 1. The van der Waals surface area contributed by atoms with Crippen molar-refractivity contribution >= 4 is 5.97 Å². The average molecular weight is 184 g/mol. The molecular weight excluding hydrogens is 168 g/mol. The van der Waals surface area contributed by atoms with E-state index in [1.54, 1.807) is 0 Å². The van der Waals surface area contributed by atoms with Crippen molar-refractivity contribution in [2.45, 2.75) is 19.3 Å². The summed E-state index contributed by atoms with van der Waals surface area (Å²) in [5.74, 6) is 0.466. The number of hydrogen-bond donors (Lipinski definition) is 0. The van der Waals surface area contributed by atoms with Crippen LogP contribution in [0.5, 0.6) is 0 Å². The second kappa shape index (κ2) is 5.75. The summed E-state index contributed by atoms with van der Waals surface area (Å²) in [7, 11) is 1.40. The molecule has 1 aliphatic rings. The second-order valence-corrected chi connectivity index (χ2v) is 3.22. The quantitative estimate of drug-likeness (QED) is 0.491. The maximum atomic E-state index is 10.7. The zero-order chi connectivity index (χ0) is 9.52. The summed E-state index contributed by atoms with van der Waals surface area (Å²) >= 11 is 0. The number of hydrogen-bond acceptors (Lipinski definition) is 3. The molecule has 0 saturated carbocycles. The minimum atomic E-state index is -0.182. The molecular formula is C10H16O3. The topological polar surface area (TPSA) is 35.5 Å². The molecule has 1 saturated heterocycles. The molecule has 74 valence electrons. The van der Waals surface area contributed by atoms with Crippen LogP contribution in [0.15, 0.2) is 12.2 Å². The van der Waals surface area contributed by atoms with Gasteiger partial charge in [0.25, 0.3) is 0 Å². The van der Waals surface area contributed by atoms with Gasteiger partial charge in [-0.3, -0.25) is 4.79 Å². The molecule has 1 rings (SSSR count). The van der Waals surface area contributed by atoms with Gasteiger partial charge >= 0.3 is 5.97 Å². The number of carbonyl (C=O) groups excluding carboxylic acids is 1. The molecule has 13 heavy (non-hydrogen) atoms. The maximum absolute atomic E-state index is 10.7. The predicted molar refractivity (Wildman–Crippen MR) is 49.3 cm³/mol. The van der Waals surface area contributed by atoms with Crippen LogP contribution in [0.1, 0.15) is 19.3 Å². The maximum Gasteiger partial charge on any atom is 0.309 e. The Morgan fingerprint density at radius 2 is 2.46 bits per heavy atom. The van der Waals surface area contributed by atoms with E-state index >= 15 is 0 Å². The number of allylic oxidation sites excluding steroid dienone is 1. The zero-order valence-electron chi connectivity index (χ0n) is 7.99. The minimum Gasteiger partial charge on any atom is -0.469 e. The zero-order valence-corrected chi connectivity index (χ0v) is 7.99. The van der Waals surface area contributed by atoms with E-state index in [9.17, 15) is 4.79 Å². The molecule has 0 aromatic carbocycles. The Hall–Kier alpha value is -0.830. The lowest BCUT2D eigenvalue weighted by molar-refractivity contribution is -0.139. The first kappa shape index (κ1) is 10.3. The van der Waals surface area contributed by atoms with E-state index in [1.165, 1.54) is 7.11 Å². The fraction of sp³-hybridized carbons (Fsp3) is 0.700. The van der Waals surface area contributed by atoms with Gasteiger partial charge in [0.1, 0.15) is 0 Å². The fourth-order valence-electron chi connectivity index (χ4n) is 1.32. The lowest BCUT2D eigenvalue weighted by Gasteiger charge is -2.00. The van der Waals surface area contributed by atoms with Gasteiger partial charge in [-0.25, -0.2) is 0 Å². The largest absolute Gasteiger partial charge is 0.469 e. The van der Waals surface area contributed by atoms with Crippen LogP contribution in [0, 0.1) is 5.92 Å². The Labute approximate surface area is 78.7 Å². The summed E-state index contributed by atoms with van der Waals surface area (Å²) in [6.07, 6.45) is 6.43. The average Bonchev–Trinajstić information content (AvgIpc) is 2.64. The number of carbonyl (C=O) groups is 1. The van der Waals surface area contributed by atoms with Gasteiger partial charge in [0.05, 0.1) is 13.5 Å². The molecule has 3 nitrogen and oxygen atoms in total. The summed E-state index contributed by atoms with van der Waals surface area (Å²) in [5.41, 5.74) is 0. The summed E-state index contributed by atoms with van der Waals surface area (Å²) in [4.78, 5) is 10.7. The molecule has 3 heteroatoms. The third kappa shape index (κ3) is 4.08. The monoisotopic (exact) mass is 184 g/mol. The van der Waals surface area contributed by atoms with Crippen molar-refractivity contribution in [2.24, 2.45) is 5.92 Å². The van der Waals surface area contributed by atoms with E-state index in [2.05, 4.69) is 4.74 Å². The van der Waals surface area contributed by atoms with E-state index in [1.807, 2.05) is 12.2 Å². The summed E-state index contributed by atoms with van der Waals surface area (Å²) in [6, 6.07) is 0. The normalized spacial score (nSPS) is 22.4. The standard InChI is InChI=1S/C10H16O3/c1-12-10(11)5-3-2-4-9-6-7-13-8-9/h2-3,9H,4-8H2,1H3/b3-2-. The molecule has 0 aliphatic carbocycles. The number of rotatable bonds is 4. The second-order valence-electron chi connectivity index (χ2n) is 3.22. The molecule has 1 heterocycles. The lowest BCUT2D eigenvalue weighted by atomic mass is 10.1. The van der Waals surface area contributed by atoms with Crippen LogP contribution in [0.4, 0.5) is 0 Å². The molecule has 1 unspecified atom stereocenters. The molecule has 0 aromatic rings. The Morgan fingerprint density at radius 3 is 3.08 bits per heavy atom. The van der Waals surface area contributed by atoms with Crippen LogP contribution in [0.3, 0.4) is 0 Å². The molecule has 1 aliphatic heterocycles. The highest BCUT2D eigenvalue weighted by atomic mass is 16.5. The van der Waals surface area contributed by atoms with Crippen molar-refractivity contribution in [3.8, 4) is 0 Å².